The van der Waals surface area contributed by atoms with Crippen molar-refractivity contribution < 1.29 is 4.79 Å². The van der Waals surface area contributed by atoms with E-state index in [1.165, 1.54) is 17.7 Å². The summed E-state index contributed by atoms with van der Waals surface area (Å²) < 4.78 is 0. The third-order valence-corrected chi connectivity index (χ3v) is 5.85. The number of anilines is 1. The summed E-state index contributed by atoms with van der Waals surface area (Å²) in [6.45, 7) is 1.66. The van der Waals surface area contributed by atoms with Crippen LogP contribution in [0.15, 0.2) is 23.8 Å². The van der Waals surface area contributed by atoms with Gasteiger partial charge in [-0.3, -0.25) is 4.79 Å². The molecule has 4 rings (SSSR count). The van der Waals surface area contributed by atoms with Gasteiger partial charge in [-0.2, -0.15) is 0 Å². The number of thiophene rings is 1. The largest absolute Gasteiger partial charge is 0.367 e. The first-order valence-electron chi connectivity index (χ1n) is 8.69. The first-order valence-corrected chi connectivity index (χ1v) is 9.57. The number of amides is 1. The molecule has 0 bridgehead atoms. The van der Waals surface area contributed by atoms with Crippen LogP contribution >= 0.6 is 11.3 Å². The smallest absolute Gasteiger partial charge is 0.227 e. The topological polar surface area (TPSA) is 58.1 Å². The molecular weight excluding hydrogens is 320 g/mol. The van der Waals surface area contributed by atoms with Crippen LogP contribution in [-0.2, 0) is 24.1 Å². The van der Waals surface area contributed by atoms with Gasteiger partial charge in [0.1, 0.15) is 12.1 Å². The zero-order valence-electron chi connectivity index (χ0n) is 13.7. The molecule has 0 saturated carbocycles. The van der Waals surface area contributed by atoms with Crippen LogP contribution in [0, 0.1) is 0 Å². The van der Waals surface area contributed by atoms with E-state index in [2.05, 4.69) is 15.3 Å². The van der Waals surface area contributed by atoms with E-state index < -0.39 is 0 Å². The van der Waals surface area contributed by atoms with E-state index in [9.17, 15) is 4.79 Å². The number of aryl methyl sites for hydroxylation is 1. The Morgan fingerprint density at radius 3 is 2.96 bits per heavy atom. The molecule has 126 valence electrons. The van der Waals surface area contributed by atoms with Gasteiger partial charge in [0.15, 0.2) is 0 Å². The number of carbonyl (C=O) groups is 1. The summed E-state index contributed by atoms with van der Waals surface area (Å²) in [4.78, 5) is 24.4. The SMILES string of the molecule is O=C(Cc1cccs1)N1CCC(Nc2ncnc3c2CCC3)CC1. The van der Waals surface area contributed by atoms with E-state index >= 15 is 0 Å². The molecule has 1 saturated heterocycles. The first-order chi connectivity index (χ1) is 11.8. The van der Waals surface area contributed by atoms with E-state index in [0.717, 1.165) is 49.5 Å². The lowest BCUT2D eigenvalue weighted by Gasteiger charge is -2.33. The van der Waals surface area contributed by atoms with Gasteiger partial charge in [-0.25, -0.2) is 9.97 Å². The quantitative estimate of drug-likeness (QED) is 0.928. The number of aromatic nitrogens is 2. The molecule has 1 aliphatic carbocycles. The Hall–Kier alpha value is -1.95. The minimum atomic E-state index is 0.249. The highest BCUT2D eigenvalue weighted by molar-refractivity contribution is 7.10. The van der Waals surface area contributed by atoms with E-state index in [1.54, 1.807) is 17.7 Å². The molecule has 5 nitrogen and oxygen atoms in total. The number of fused-ring (bicyclic) bond motifs is 1. The lowest BCUT2D eigenvalue weighted by Crippen LogP contribution is -2.43. The molecule has 1 fully saturated rings. The van der Waals surface area contributed by atoms with Gasteiger partial charge in [-0.15, -0.1) is 11.3 Å². The standard InChI is InChI=1S/C18H22N4OS/c23-17(11-14-3-2-10-24-14)22-8-6-13(7-9-22)21-18-15-4-1-5-16(15)19-12-20-18/h2-3,10,12-13H,1,4-9,11H2,(H,19,20,21). The van der Waals surface area contributed by atoms with Crippen LogP contribution in [0.3, 0.4) is 0 Å². The van der Waals surface area contributed by atoms with E-state index in [-0.39, 0.29) is 5.91 Å². The second-order valence-corrected chi connectivity index (χ2v) is 7.59. The molecule has 0 radical (unpaired) electrons. The fraction of sp³-hybridized carbons (Fsp3) is 0.500. The molecule has 0 aromatic carbocycles. The van der Waals surface area contributed by atoms with Crippen molar-refractivity contribution in [3.05, 3.63) is 40.0 Å². The molecule has 3 heterocycles. The Balaban J connectivity index is 1.32. The Morgan fingerprint density at radius 2 is 2.17 bits per heavy atom. The van der Waals surface area contributed by atoms with Gasteiger partial charge >= 0.3 is 0 Å². The average Bonchev–Trinajstić information content (AvgIpc) is 3.27. The summed E-state index contributed by atoms with van der Waals surface area (Å²) in [6.07, 6.45) is 7.50. The number of nitrogens with zero attached hydrogens (tertiary/aromatic N) is 3. The van der Waals surface area contributed by atoms with Gasteiger partial charge in [0.2, 0.25) is 5.91 Å². The van der Waals surface area contributed by atoms with Crippen LogP contribution in [0.4, 0.5) is 5.82 Å². The van der Waals surface area contributed by atoms with Crippen molar-refractivity contribution in [2.75, 3.05) is 18.4 Å². The highest BCUT2D eigenvalue weighted by Crippen LogP contribution is 2.27. The summed E-state index contributed by atoms with van der Waals surface area (Å²) in [5.41, 5.74) is 2.50. The fourth-order valence-corrected chi connectivity index (χ4v) is 4.32. The van der Waals surface area contributed by atoms with Crippen molar-refractivity contribution in [3.63, 3.8) is 0 Å². The summed E-state index contributed by atoms with van der Waals surface area (Å²) >= 11 is 1.65. The Kier molecular flexibility index (Phi) is 4.47. The van der Waals surface area contributed by atoms with Crippen molar-refractivity contribution in [3.8, 4) is 0 Å². The van der Waals surface area contributed by atoms with Crippen molar-refractivity contribution in [1.29, 1.82) is 0 Å². The summed E-state index contributed by atoms with van der Waals surface area (Å²) in [7, 11) is 0. The number of nitrogens with one attached hydrogen (secondary N) is 1. The summed E-state index contributed by atoms with van der Waals surface area (Å²) in [5, 5.41) is 5.63. The fourth-order valence-electron chi connectivity index (χ4n) is 3.62. The van der Waals surface area contributed by atoms with Crippen molar-refractivity contribution in [1.82, 2.24) is 14.9 Å². The van der Waals surface area contributed by atoms with Gasteiger partial charge in [0.25, 0.3) is 0 Å². The molecule has 24 heavy (non-hydrogen) atoms. The van der Waals surface area contributed by atoms with Crippen LogP contribution in [0.1, 0.15) is 35.4 Å². The maximum absolute atomic E-state index is 12.4. The van der Waals surface area contributed by atoms with Crippen LogP contribution in [0.5, 0.6) is 0 Å². The molecule has 2 aromatic rings. The molecule has 1 N–H and O–H groups in total. The minimum absolute atomic E-state index is 0.249. The van der Waals surface area contributed by atoms with E-state index in [0.29, 0.717) is 12.5 Å². The number of hydrogen-bond acceptors (Lipinski definition) is 5. The first kappa shape index (κ1) is 15.6. The van der Waals surface area contributed by atoms with Gasteiger partial charge < -0.3 is 10.2 Å². The minimum Gasteiger partial charge on any atom is -0.367 e. The molecule has 0 spiro atoms. The van der Waals surface area contributed by atoms with Gasteiger partial charge in [0.05, 0.1) is 6.42 Å². The van der Waals surface area contributed by atoms with Gasteiger partial charge in [-0.05, 0) is 43.6 Å². The Morgan fingerprint density at radius 1 is 1.29 bits per heavy atom. The van der Waals surface area contributed by atoms with Crippen molar-refractivity contribution in [2.24, 2.45) is 0 Å². The Bertz CT molecular complexity index is 708. The lowest BCUT2D eigenvalue weighted by molar-refractivity contribution is -0.131. The predicted octanol–water partition coefficient (Wildman–Crippen LogP) is 2.67. The van der Waals surface area contributed by atoms with Crippen molar-refractivity contribution >= 4 is 23.1 Å². The van der Waals surface area contributed by atoms with Gasteiger partial charge in [0, 0.05) is 35.3 Å². The van der Waals surface area contributed by atoms with E-state index in [1.807, 2.05) is 22.4 Å². The number of carbonyl (C=O) groups excluding carboxylic acids is 1. The molecule has 0 atom stereocenters. The lowest BCUT2D eigenvalue weighted by atomic mass is 10.0. The monoisotopic (exact) mass is 342 g/mol. The van der Waals surface area contributed by atoms with Crippen LogP contribution in [0.25, 0.3) is 0 Å². The molecule has 2 aliphatic rings. The molecule has 0 unspecified atom stereocenters. The highest BCUT2D eigenvalue weighted by Gasteiger charge is 2.25. The zero-order valence-corrected chi connectivity index (χ0v) is 14.5. The Labute approximate surface area is 146 Å². The maximum Gasteiger partial charge on any atom is 0.227 e. The number of rotatable bonds is 4. The predicted molar refractivity (Wildman–Crippen MR) is 95.3 cm³/mol. The molecule has 2 aromatic heterocycles. The van der Waals surface area contributed by atoms with Crippen molar-refractivity contribution in [2.45, 2.75) is 44.6 Å². The normalized spacial score (nSPS) is 17.8. The van der Waals surface area contributed by atoms with Crippen LogP contribution in [-0.4, -0.2) is 39.9 Å². The number of piperidine rings is 1. The summed E-state index contributed by atoms with van der Waals surface area (Å²) in [6, 6.07) is 4.44. The number of likely N-dealkylation sites (tertiary alicyclic amines) is 1. The highest BCUT2D eigenvalue weighted by atomic mass is 32.1. The molecule has 6 heteroatoms. The van der Waals surface area contributed by atoms with Gasteiger partial charge in [-0.1, -0.05) is 6.07 Å². The third-order valence-electron chi connectivity index (χ3n) is 4.97. The number of hydrogen-bond donors (Lipinski definition) is 1. The molecular formula is C18H22N4OS. The second-order valence-electron chi connectivity index (χ2n) is 6.56. The second kappa shape index (κ2) is 6.89. The summed E-state index contributed by atoms with van der Waals surface area (Å²) in [5.74, 6) is 1.26. The van der Waals surface area contributed by atoms with Crippen LogP contribution < -0.4 is 5.32 Å². The third kappa shape index (κ3) is 3.29. The molecule has 1 amide bonds. The van der Waals surface area contributed by atoms with E-state index in [4.69, 9.17) is 0 Å². The maximum atomic E-state index is 12.4. The zero-order chi connectivity index (χ0) is 16.4. The average molecular weight is 342 g/mol. The molecule has 1 aliphatic heterocycles. The van der Waals surface area contributed by atoms with Crippen LogP contribution in [0.2, 0.25) is 0 Å².